The van der Waals surface area contributed by atoms with Crippen molar-refractivity contribution >= 4 is 11.8 Å². The molecule has 5 nitrogen and oxygen atoms in total. The van der Waals surface area contributed by atoms with E-state index >= 15 is 0 Å². The number of ether oxygens (including phenoxy) is 2. The van der Waals surface area contributed by atoms with E-state index in [1.165, 1.54) is 13.8 Å². The summed E-state index contributed by atoms with van der Waals surface area (Å²) in [6, 6.07) is 7.14. The van der Waals surface area contributed by atoms with E-state index in [0.29, 0.717) is 11.1 Å². The summed E-state index contributed by atoms with van der Waals surface area (Å²) < 4.78 is 24.2. The van der Waals surface area contributed by atoms with E-state index in [9.17, 15) is 14.0 Å². The number of carbonyl (C=O) groups is 2. The summed E-state index contributed by atoms with van der Waals surface area (Å²) in [4.78, 5) is 24.3. The molecule has 24 heavy (non-hydrogen) atoms. The van der Waals surface area contributed by atoms with Gasteiger partial charge in [0.1, 0.15) is 11.3 Å². The molecule has 6 heteroatoms. The van der Waals surface area contributed by atoms with Crippen molar-refractivity contribution in [2.75, 3.05) is 6.61 Å². The van der Waals surface area contributed by atoms with Crippen LogP contribution in [0.1, 0.15) is 37.8 Å². The molecule has 1 aromatic carbocycles. The lowest BCUT2D eigenvalue weighted by molar-refractivity contribution is -0.139. The Balaban J connectivity index is 2.63. The predicted molar refractivity (Wildman–Crippen MR) is 83.1 cm³/mol. The van der Waals surface area contributed by atoms with Gasteiger partial charge in [0.25, 0.3) is 6.01 Å². The molecular formula is C18H16FNO4. The van der Waals surface area contributed by atoms with Crippen LogP contribution in [0.5, 0.6) is 0 Å². The maximum atomic E-state index is 14.3. The van der Waals surface area contributed by atoms with E-state index in [0.717, 1.165) is 0 Å². The fourth-order valence-corrected chi connectivity index (χ4v) is 2.65. The number of halogens is 1. The van der Waals surface area contributed by atoms with Gasteiger partial charge in [0.05, 0.1) is 24.2 Å². The standard InChI is InChI=1S/C18H16FNO4/c1-4-23-18(22)16-15(13-7-5-12(9-20)6-8-13)14(10(2)21)11(3)24-17(16)19/h5-8,15H,4H2,1-3H3. The van der Waals surface area contributed by atoms with Crippen LogP contribution in [0.15, 0.2) is 47.2 Å². The minimum Gasteiger partial charge on any atom is -0.462 e. The Kier molecular flexibility index (Phi) is 5.14. The number of allylic oxidation sites excluding steroid dienone is 2. The number of hydrogen-bond donors (Lipinski definition) is 0. The summed E-state index contributed by atoms with van der Waals surface area (Å²) in [6.07, 6.45) is 0. The smallest absolute Gasteiger partial charge is 0.341 e. The summed E-state index contributed by atoms with van der Waals surface area (Å²) in [5, 5.41) is 8.90. The number of nitrogens with zero attached hydrogens (tertiary/aromatic N) is 1. The molecule has 0 N–H and O–H groups in total. The lowest BCUT2D eigenvalue weighted by Crippen LogP contribution is -2.25. The molecule has 0 spiro atoms. The van der Waals surface area contributed by atoms with Gasteiger partial charge in [-0.2, -0.15) is 9.65 Å². The molecule has 1 aliphatic heterocycles. The first-order chi connectivity index (χ1) is 11.4. The van der Waals surface area contributed by atoms with Crippen molar-refractivity contribution in [1.82, 2.24) is 0 Å². The number of rotatable bonds is 4. The second kappa shape index (κ2) is 7.09. The molecule has 124 valence electrons. The third kappa shape index (κ3) is 3.20. The molecule has 0 saturated heterocycles. The van der Waals surface area contributed by atoms with E-state index < -0.39 is 17.9 Å². The van der Waals surface area contributed by atoms with E-state index in [-0.39, 0.29) is 29.3 Å². The predicted octanol–water partition coefficient (Wildman–Crippen LogP) is 3.28. The van der Waals surface area contributed by atoms with Gasteiger partial charge in [0, 0.05) is 5.57 Å². The third-order valence-electron chi connectivity index (χ3n) is 3.66. The van der Waals surface area contributed by atoms with Crippen molar-refractivity contribution in [2.24, 2.45) is 0 Å². The van der Waals surface area contributed by atoms with Crippen molar-refractivity contribution in [3.05, 3.63) is 58.3 Å². The van der Waals surface area contributed by atoms with Crippen LogP contribution in [0.4, 0.5) is 4.39 Å². The van der Waals surface area contributed by atoms with Gasteiger partial charge in [-0.1, -0.05) is 12.1 Å². The molecular weight excluding hydrogens is 313 g/mol. The second-order valence-electron chi connectivity index (χ2n) is 5.20. The number of carbonyl (C=O) groups excluding carboxylic acids is 2. The van der Waals surface area contributed by atoms with E-state index in [1.54, 1.807) is 31.2 Å². The zero-order valence-corrected chi connectivity index (χ0v) is 13.6. The summed E-state index contributed by atoms with van der Waals surface area (Å²) in [5.41, 5.74) is 0.750. The molecule has 0 aromatic heterocycles. The minimum absolute atomic E-state index is 0.0633. The highest BCUT2D eigenvalue weighted by atomic mass is 19.1. The van der Waals surface area contributed by atoms with Crippen LogP contribution < -0.4 is 0 Å². The Morgan fingerprint density at radius 2 is 1.92 bits per heavy atom. The van der Waals surface area contributed by atoms with Crippen LogP contribution in [0.25, 0.3) is 0 Å². The molecule has 1 atom stereocenters. The van der Waals surface area contributed by atoms with Gasteiger partial charge in [-0.25, -0.2) is 4.79 Å². The molecule has 0 fully saturated rings. The molecule has 1 aliphatic rings. The van der Waals surface area contributed by atoms with Crippen LogP contribution in [0.2, 0.25) is 0 Å². The maximum absolute atomic E-state index is 14.3. The van der Waals surface area contributed by atoms with Gasteiger partial charge < -0.3 is 9.47 Å². The van der Waals surface area contributed by atoms with Crippen molar-refractivity contribution in [1.29, 1.82) is 5.26 Å². The summed E-state index contributed by atoms with van der Waals surface area (Å²) >= 11 is 0. The molecule has 0 aliphatic carbocycles. The third-order valence-corrected chi connectivity index (χ3v) is 3.66. The maximum Gasteiger partial charge on any atom is 0.341 e. The Labute approximate surface area is 139 Å². The Bertz CT molecular complexity index is 784. The first-order valence-corrected chi connectivity index (χ1v) is 7.37. The van der Waals surface area contributed by atoms with Gasteiger partial charge >= 0.3 is 5.97 Å². The Morgan fingerprint density at radius 3 is 2.42 bits per heavy atom. The first-order valence-electron chi connectivity index (χ1n) is 7.37. The number of hydrogen-bond acceptors (Lipinski definition) is 5. The van der Waals surface area contributed by atoms with Crippen LogP contribution in [-0.2, 0) is 19.1 Å². The zero-order chi connectivity index (χ0) is 17.9. The average molecular weight is 329 g/mol. The average Bonchev–Trinajstić information content (AvgIpc) is 2.53. The van der Waals surface area contributed by atoms with Gasteiger partial charge in [-0.3, -0.25) is 4.79 Å². The fraction of sp³-hybridized carbons (Fsp3) is 0.278. The number of ketones is 1. The lowest BCUT2D eigenvalue weighted by Gasteiger charge is -2.27. The summed E-state index contributed by atoms with van der Waals surface area (Å²) in [5.74, 6) is -2.06. The molecule has 0 amide bonds. The monoisotopic (exact) mass is 329 g/mol. The van der Waals surface area contributed by atoms with Gasteiger partial charge in [-0.05, 0) is 38.5 Å². The van der Waals surface area contributed by atoms with Gasteiger partial charge in [0.15, 0.2) is 5.78 Å². The quantitative estimate of drug-likeness (QED) is 0.792. The van der Waals surface area contributed by atoms with Gasteiger partial charge in [0.2, 0.25) is 0 Å². The first kappa shape index (κ1) is 17.4. The van der Waals surface area contributed by atoms with E-state index in [2.05, 4.69) is 0 Å². The second-order valence-corrected chi connectivity index (χ2v) is 5.20. The van der Waals surface area contributed by atoms with Crippen molar-refractivity contribution in [2.45, 2.75) is 26.7 Å². The summed E-state index contributed by atoms with van der Waals surface area (Å²) in [7, 11) is 0. The zero-order valence-electron chi connectivity index (χ0n) is 13.6. The molecule has 0 saturated carbocycles. The molecule has 1 aromatic rings. The van der Waals surface area contributed by atoms with Gasteiger partial charge in [-0.15, -0.1) is 0 Å². The topological polar surface area (TPSA) is 76.4 Å². The highest BCUT2D eigenvalue weighted by molar-refractivity contribution is 6.01. The molecule has 1 unspecified atom stereocenters. The minimum atomic E-state index is -1.08. The van der Waals surface area contributed by atoms with E-state index in [4.69, 9.17) is 14.7 Å². The highest BCUT2D eigenvalue weighted by Crippen LogP contribution is 2.41. The molecule has 0 bridgehead atoms. The van der Waals surface area contributed by atoms with Crippen LogP contribution in [0.3, 0.4) is 0 Å². The van der Waals surface area contributed by atoms with Crippen molar-refractivity contribution in [3.63, 3.8) is 0 Å². The summed E-state index contributed by atoms with van der Waals surface area (Å²) in [6.45, 7) is 4.46. The van der Waals surface area contributed by atoms with E-state index in [1.807, 2.05) is 6.07 Å². The SMILES string of the molecule is CCOC(=O)C1=C(F)OC(C)=C(C(C)=O)C1c1ccc(C#N)cc1. The number of nitriles is 1. The molecule has 2 rings (SSSR count). The lowest BCUT2D eigenvalue weighted by atomic mass is 9.81. The molecule has 0 radical (unpaired) electrons. The normalized spacial score (nSPS) is 17.2. The Hall–Kier alpha value is -2.94. The highest BCUT2D eigenvalue weighted by Gasteiger charge is 2.39. The molecule has 1 heterocycles. The van der Waals surface area contributed by atoms with Crippen LogP contribution in [0, 0.1) is 11.3 Å². The fourth-order valence-electron chi connectivity index (χ4n) is 2.65. The largest absolute Gasteiger partial charge is 0.462 e. The number of Topliss-reactive ketones (excluding diaryl/α,β-unsaturated/α-hetero) is 1. The number of benzene rings is 1. The Morgan fingerprint density at radius 1 is 1.29 bits per heavy atom. The van der Waals surface area contributed by atoms with Crippen LogP contribution in [-0.4, -0.2) is 18.4 Å². The van der Waals surface area contributed by atoms with Crippen LogP contribution >= 0.6 is 0 Å². The number of esters is 1. The van der Waals surface area contributed by atoms with Crippen molar-refractivity contribution in [3.8, 4) is 6.07 Å². The van der Waals surface area contributed by atoms with Crippen molar-refractivity contribution < 1.29 is 23.5 Å².